The number of nitrogens with two attached hydrogens (primary N) is 1. The maximum atomic E-state index is 6.43. The zero-order valence-corrected chi connectivity index (χ0v) is 12.4. The van der Waals surface area contributed by atoms with Crippen LogP contribution in [0, 0.1) is 0 Å². The molecular weight excluding hydrogens is 234 g/mol. The minimum Gasteiger partial charge on any atom is -0.323 e. The molecule has 19 heavy (non-hydrogen) atoms. The fourth-order valence-corrected chi connectivity index (χ4v) is 3.04. The summed E-state index contributed by atoms with van der Waals surface area (Å²) >= 11 is 0. The molecule has 3 unspecified atom stereocenters. The minimum absolute atomic E-state index is 0.0987. The van der Waals surface area contributed by atoms with E-state index in [-0.39, 0.29) is 6.04 Å². The van der Waals surface area contributed by atoms with Crippen molar-refractivity contribution in [2.24, 2.45) is 5.73 Å². The molecule has 3 heteroatoms. The first kappa shape index (κ1) is 14.5. The number of benzene rings is 1. The third-order valence-electron chi connectivity index (χ3n) is 4.48. The lowest BCUT2D eigenvalue weighted by atomic mass is 9.99. The third-order valence-corrected chi connectivity index (χ3v) is 4.48. The van der Waals surface area contributed by atoms with E-state index in [0.29, 0.717) is 12.1 Å². The molecule has 0 radical (unpaired) electrons. The predicted octanol–water partition coefficient (Wildman–Crippen LogP) is 2.10. The molecule has 2 N–H and O–H groups in total. The lowest BCUT2D eigenvalue weighted by molar-refractivity contribution is 0.0559. The van der Waals surface area contributed by atoms with Gasteiger partial charge in [-0.3, -0.25) is 9.80 Å². The molecule has 0 aromatic heterocycles. The van der Waals surface area contributed by atoms with Gasteiger partial charge >= 0.3 is 0 Å². The SMILES string of the molecule is CCN1CCN(C(C)C(N)c2ccccc2)CC1C. The molecule has 0 amide bonds. The Balaban J connectivity index is 1.99. The Morgan fingerprint density at radius 2 is 1.95 bits per heavy atom. The molecular formula is C16H27N3. The number of hydrogen-bond acceptors (Lipinski definition) is 3. The van der Waals surface area contributed by atoms with Gasteiger partial charge in [0.2, 0.25) is 0 Å². The quantitative estimate of drug-likeness (QED) is 0.901. The summed E-state index contributed by atoms with van der Waals surface area (Å²) < 4.78 is 0. The van der Waals surface area contributed by atoms with Gasteiger partial charge in [0, 0.05) is 37.8 Å². The molecule has 1 fully saturated rings. The van der Waals surface area contributed by atoms with Crippen molar-refractivity contribution in [1.29, 1.82) is 0 Å². The monoisotopic (exact) mass is 261 g/mol. The van der Waals surface area contributed by atoms with Crippen LogP contribution in [0.5, 0.6) is 0 Å². The van der Waals surface area contributed by atoms with E-state index in [9.17, 15) is 0 Å². The molecule has 1 saturated heterocycles. The Morgan fingerprint density at radius 3 is 2.53 bits per heavy atom. The molecule has 1 aliphatic rings. The zero-order valence-electron chi connectivity index (χ0n) is 12.4. The maximum absolute atomic E-state index is 6.43. The van der Waals surface area contributed by atoms with E-state index in [2.05, 4.69) is 54.8 Å². The fraction of sp³-hybridized carbons (Fsp3) is 0.625. The summed E-state index contributed by atoms with van der Waals surface area (Å²) in [6, 6.07) is 11.6. The average molecular weight is 261 g/mol. The molecule has 3 nitrogen and oxygen atoms in total. The Labute approximate surface area is 117 Å². The van der Waals surface area contributed by atoms with Gasteiger partial charge in [0.25, 0.3) is 0 Å². The number of rotatable bonds is 4. The molecule has 0 saturated carbocycles. The second-order valence-corrected chi connectivity index (χ2v) is 5.65. The highest BCUT2D eigenvalue weighted by molar-refractivity contribution is 5.20. The standard InChI is InChI=1S/C16H27N3/c1-4-18-10-11-19(12-13(18)2)14(3)16(17)15-8-6-5-7-9-15/h5-9,13-14,16H,4,10-12,17H2,1-3H3. The molecule has 0 spiro atoms. The first-order valence-corrected chi connectivity index (χ1v) is 7.42. The van der Waals surface area contributed by atoms with E-state index in [0.717, 1.165) is 26.2 Å². The van der Waals surface area contributed by atoms with Crippen molar-refractivity contribution in [2.75, 3.05) is 26.2 Å². The topological polar surface area (TPSA) is 32.5 Å². The van der Waals surface area contributed by atoms with Crippen molar-refractivity contribution in [2.45, 2.75) is 38.9 Å². The summed E-state index contributed by atoms with van der Waals surface area (Å²) in [6.07, 6.45) is 0. The Kier molecular flexibility index (Phi) is 4.97. The molecule has 3 atom stereocenters. The van der Waals surface area contributed by atoms with Gasteiger partial charge in [0.05, 0.1) is 0 Å². The van der Waals surface area contributed by atoms with Crippen LogP contribution >= 0.6 is 0 Å². The van der Waals surface area contributed by atoms with Gasteiger partial charge < -0.3 is 5.73 Å². The number of nitrogens with zero attached hydrogens (tertiary/aromatic N) is 2. The molecule has 1 heterocycles. The van der Waals surface area contributed by atoms with Crippen LogP contribution in [0.25, 0.3) is 0 Å². The second-order valence-electron chi connectivity index (χ2n) is 5.65. The van der Waals surface area contributed by atoms with Gasteiger partial charge in [-0.05, 0) is 26.0 Å². The van der Waals surface area contributed by atoms with Crippen LogP contribution in [0.15, 0.2) is 30.3 Å². The normalized spacial score (nSPS) is 25.2. The smallest absolute Gasteiger partial charge is 0.0450 e. The molecule has 1 aliphatic heterocycles. The van der Waals surface area contributed by atoms with Crippen LogP contribution in [0.3, 0.4) is 0 Å². The van der Waals surface area contributed by atoms with Gasteiger partial charge in [-0.15, -0.1) is 0 Å². The van der Waals surface area contributed by atoms with Gasteiger partial charge in [-0.2, -0.15) is 0 Å². The van der Waals surface area contributed by atoms with Crippen LogP contribution in [-0.2, 0) is 0 Å². The zero-order chi connectivity index (χ0) is 13.8. The van der Waals surface area contributed by atoms with Crippen molar-refractivity contribution < 1.29 is 0 Å². The molecule has 0 aliphatic carbocycles. The summed E-state index contributed by atoms with van der Waals surface area (Å²) in [5.74, 6) is 0. The van der Waals surface area contributed by atoms with Gasteiger partial charge in [-0.1, -0.05) is 37.3 Å². The Bertz CT molecular complexity index is 379. The molecule has 1 aromatic carbocycles. The molecule has 0 bridgehead atoms. The van der Waals surface area contributed by atoms with Crippen LogP contribution in [0.2, 0.25) is 0 Å². The minimum atomic E-state index is 0.0987. The highest BCUT2D eigenvalue weighted by Crippen LogP contribution is 2.21. The highest BCUT2D eigenvalue weighted by atomic mass is 15.3. The van der Waals surface area contributed by atoms with Crippen LogP contribution in [-0.4, -0.2) is 48.1 Å². The average Bonchev–Trinajstić information content (AvgIpc) is 2.46. The van der Waals surface area contributed by atoms with Crippen molar-refractivity contribution in [3.63, 3.8) is 0 Å². The first-order chi connectivity index (χ1) is 9.13. The lowest BCUT2D eigenvalue weighted by Gasteiger charge is -2.43. The summed E-state index contributed by atoms with van der Waals surface area (Å²) in [5, 5.41) is 0. The summed E-state index contributed by atoms with van der Waals surface area (Å²) in [6.45, 7) is 11.4. The largest absolute Gasteiger partial charge is 0.323 e. The summed E-state index contributed by atoms with van der Waals surface area (Å²) in [4.78, 5) is 5.08. The van der Waals surface area contributed by atoms with Crippen molar-refractivity contribution in [3.8, 4) is 0 Å². The van der Waals surface area contributed by atoms with E-state index in [1.807, 2.05) is 6.07 Å². The van der Waals surface area contributed by atoms with Crippen molar-refractivity contribution in [1.82, 2.24) is 9.80 Å². The Hall–Kier alpha value is -0.900. The van der Waals surface area contributed by atoms with Gasteiger partial charge in [0.1, 0.15) is 0 Å². The lowest BCUT2D eigenvalue weighted by Crippen LogP contribution is -2.55. The third kappa shape index (κ3) is 3.35. The number of hydrogen-bond donors (Lipinski definition) is 1. The van der Waals surface area contributed by atoms with Crippen LogP contribution in [0.1, 0.15) is 32.4 Å². The van der Waals surface area contributed by atoms with E-state index in [1.54, 1.807) is 0 Å². The van der Waals surface area contributed by atoms with Crippen molar-refractivity contribution in [3.05, 3.63) is 35.9 Å². The predicted molar refractivity (Wildman–Crippen MR) is 81.1 cm³/mol. The van der Waals surface area contributed by atoms with Gasteiger partial charge in [-0.25, -0.2) is 0 Å². The maximum Gasteiger partial charge on any atom is 0.0450 e. The van der Waals surface area contributed by atoms with E-state index >= 15 is 0 Å². The molecule has 106 valence electrons. The number of likely N-dealkylation sites (N-methyl/N-ethyl adjacent to an activating group) is 1. The highest BCUT2D eigenvalue weighted by Gasteiger charge is 2.28. The van der Waals surface area contributed by atoms with Crippen LogP contribution in [0.4, 0.5) is 0 Å². The van der Waals surface area contributed by atoms with Crippen molar-refractivity contribution >= 4 is 0 Å². The fourth-order valence-electron chi connectivity index (χ4n) is 3.04. The van der Waals surface area contributed by atoms with Gasteiger partial charge in [0.15, 0.2) is 0 Å². The van der Waals surface area contributed by atoms with E-state index in [1.165, 1.54) is 5.56 Å². The molecule has 2 rings (SSSR count). The van der Waals surface area contributed by atoms with E-state index < -0.39 is 0 Å². The Morgan fingerprint density at radius 1 is 1.26 bits per heavy atom. The summed E-state index contributed by atoms with van der Waals surface area (Å²) in [7, 11) is 0. The summed E-state index contributed by atoms with van der Waals surface area (Å²) in [5.41, 5.74) is 7.66. The number of piperazine rings is 1. The van der Waals surface area contributed by atoms with E-state index in [4.69, 9.17) is 5.73 Å². The molecule has 1 aromatic rings. The first-order valence-electron chi connectivity index (χ1n) is 7.42. The second kappa shape index (κ2) is 6.51. The van der Waals surface area contributed by atoms with Crippen LogP contribution < -0.4 is 5.73 Å².